The number of ether oxygens (including phenoxy) is 3. The fourth-order valence-corrected chi connectivity index (χ4v) is 3.03. The molecule has 0 spiro atoms. The van der Waals surface area contributed by atoms with Gasteiger partial charge in [0.15, 0.2) is 11.5 Å². The Bertz CT molecular complexity index is 593. The first-order chi connectivity index (χ1) is 11.7. The second kappa shape index (κ2) is 7.72. The first-order valence-corrected chi connectivity index (χ1v) is 8.34. The number of methoxy groups -OCH3 is 1. The van der Waals surface area contributed by atoms with Crippen LogP contribution in [0.1, 0.15) is 23.2 Å². The standard InChI is InChI=1S/C17H24N2O5/c1-22-14-4-3-12(15-16(14)24-8-2-7-23-15)17(21)19-9-11-5-6-18-10-13(11)20/h3-4,11,13,18,20H,2,5-10H2,1H3,(H,19,21)/t11-,13+/m0/s1. The third-order valence-electron chi connectivity index (χ3n) is 4.44. The summed E-state index contributed by atoms with van der Waals surface area (Å²) in [5.41, 5.74) is 0.427. The molecule has 1 fully saturated rings. The highest BCUT2D eigenvalue weighted by Crippen LogP contribution is 2.41. The SMILES string of the molecule is COc1ccc(C(=O)NC[C@@H]2CCNC[C@H]2O)c2c1OCCCO2. The maximum absolute atomic E-state index is 12.6. The highest BCUT2D eigenvalue weighted by Gasteiger charge is 2.26. The minimum Gasteiger partial charge on any atom is -0.493 e. The van der Waals surface area contributed by atoms with Crippen molar-refractivity contribution in [3.05, 3.63) is 17.7 Å². The number of amides is 1. The van der Waals surface area contributed by atoms with E-state index in [2.05, 4.69) is 10.6 Å². The second-order valence-electron chi connectivity index (χ2n) is 6.05. The van der Waals surface area contributed by atoms with Gasteiger partial charge in [0, 0.05) is 25.4 Å². The lowest BCUT2D eigenvalue weighted by Crippen LogP contribution is -2.45. The largest absolute Gasteiger partial charge is 0.493 e. The lowest BCUT2D eigenvalue weighted by atomic mass is 9.95. The minimum atomic E-state index is -0.438. The molecular formula is C17H24N2O5. The Balaban J connectivity index is 1.74. The van der Waals surface area contributed by atoms with E-state index in [1.54, 1.807) is 19.2 Å². The number of β-amino-alcohol motifs (C(OH)–C–C–N with tert-alkyl or cyclic N) is 1. The average molecular weight is 336 g/mol. The molecule has 3 N–H and O–H groups in total. The Morgan fingerprint density at radius 2 is 2.17 bits per heavy atom. The van der Waals surface area contributed by atoms with Gasteiger partial charge in [-0.25, -0.2) is 0 Å². The van der Waals surface area contributed by atoms with Crippen LogP contribution < -0.4 is 24.8 Å². The molecule has 1 saturated heterocycles. The molecule has 0 saturated carbocycles. The van der Waals surface area contributed by atoms with Crippen LogP contribution in [-0.2, 0) is 0 Å². The minimum absolute atomic E-state index is 0.0595. The van der Waals surface area contributed by atoms with E-state index in [1.165, 1.54) is 0 Å². The van der Waals surface area contributed by atoms with Crippen molar-refractivity contribution in [1.82, 2.24) is 10.6 Å². The summed E-state index contributed by atoms with van der Waals surface area (Å²) in [6, 6.07) is 3.39. The molecule has 7 heteroatoms. The molecule has 7 nitrogen and oxygen atoms in total. The molecule has 0 aromatic heterocycles. The lowest BCUT2D eigenvalue weighted by molar-refractivity contribution is 0.0752. The van der Waals surface area contributed by atoms with E-state index in [9.17, 15) is 9.90 Å². The second-order valence-corrected chi connectivity index (χ2v) is 6.05. The van der Waals surface area contributed by atoms with Crippen LogP contribution in [0.4, 0.5) is 0 Å². The number of aliphatic hydroxyl groups is 1. The smallest absolute Gasteiger partial charge is 0.255 e. The lowest BCUT2D eigenvalue weighted by Gasteiger charge is -2.28. The van der Waals surface area contributed by atoms with Gasteiger partial charge in [-0.3, -0.25) is 4.79 Å². The zero-order valence-electron chi connectivity index (χ0n) is 13.8. The number of aliphatic hydroxyl groups excluding tert-OH is 1. The van der Waals surface area contributed by atoms with Crippen molar-refractivity contribution in [2.24, 2.45) is 5.92 Å². The van der Waals surface area contributed by atoms with Crippen LogP contribution in [0.15, 0.2) is 12.1 Å². The number of rotatable bonds is 4. The summed E-state index contributed by atoms with van der Waals surface area (Å²) in [6.45, 7) is 2.87. The van der Waals surface area contributed by atoms with Gasteiger partial charge in [0.2, 0.25) is 5.75 Å². The summed E-state index contributed by atoms with van der Waals surface area (Å²) in [7, 11) is 1.56. The fourth-order valence-electron chi connectivity index (χ4n) is 3.03. The quantitative estimate of drug-likeness (QED) is 0.744. The Morgan fingerprint density at radius 1 is 1.38 bits per heavy atom. The van der Waals surface area contributed by atoms with Crippen LogP contribution >= 0.6 is 0 Å². The first-order valence-electron chi connectivity index (χ1n) is 8.34. The Kier molecular flexibility index (Phi) is 5.42. The molecule has 0 aliphatic carbocycles. The van der Waals surface area contributed by atoms with Gasteiger partial charge >= 0.3 is 0 Å². The van der Waals surface area contributed by atoms with Crippen LogP contribution in [0.25, 0.3) is 0 Å². The van der Waals surface area contributed by atoms with Crippen molar-refractivity contribution in [2.75, 3.05) is 40.0 Å². The zero-order chi connectivity index (χ0) is 16.9. The van der Waals surface area contributed by atoms with Crippen molar-refractivity contribution in [2.45, 2.75) is 18.9 Å². The summed E-state index contributed by atoms with van der Waals surface area (Å²) in [4.78, 5) is 12.6. The molecule has 1 aromatic carbocycles. The monoisotopic (exact) mass is 336 g/mol. The van der Waals surface area contributed by atoms with E-state index in [0.29, 0.717) is 49.1 Å². The number of hydrogen-bond acceptors (Lipinski definition) is 6. The molecule has 0 bridgehead atoms. The first kappa shape index (κ1) is 16.9. The van der Waals surface area contributed by atoms with Crippen molar-refractivity contribution in [3.8, 4) is 17.2 Å². The number of benzene rings is 1. The molecule has 0 radical (unpaired) electrons. The Labute approximate surface area is 141 Å². The molecule has 2 aliphatic rings. The molecule has 2 atom stereocenters. The molecule has 0 unspecified atom stereocenters. The maximum atomic E-state index is 12.6. The molecule has 24 heavy (non-hydrogen) atoms. The van der Waals surface area contributed by atoms with Gasteiger partial charge < -0.3 is 30.0 Å². The Morgan fingerprint density at radius 3 is 2.92 bits per heavy atom. The predicted octanol–water partition coefficient (Wildman–Crippen LogP) is 0.557. The van der Waals surface area contributed by atoms with Gasteiger partial charge in [0.05, 0.1) is 32.0 Å². The van der Waals surface area contributed by atoms with E-state index < -0.39 is 6.10 Å². The van der Waals surface area contributed by atoms with E-state index in [4.69, 9.17) is 14.2 Å². The van der Waals surface area contributed by atoms with Crippen LogP contribution in [-0.4, -0.2) is 57.1 Å². The predicted molar refractivity (Wildman–Crippen MR) is 87.9 cm³/mol. The van der Waals surface area contributed by atoms with Gasteiger partial charge in [-0.05, 0) is 25.1 Å². The average Bonchev–Trinajstić information content (AvgIpc) is 2.86. The van der Waals surface area contributed by atoms with E-state index in [-0.39, 0.29) is 11.8 Å². The van der Waals surface area contributed by atoms with Crippen molar-refractivity contribution < 1.29 is 24.1 Å². The highest BCUT2D eigenvalue weighted by molar-refractivity contribution is 5.98. The summed E-state index contributed by atoms with van der Waals surface area (Å²) in [6.07, 6.45) is 1.15. The molecule has 1 amide bonds. The normalized spacial score (nSPS) is 23.2. The maximum Gasteiger partial charge on any atom is 0.255 e. The van der Waals surface area contributed by atoms with E-state index in [0.717, 1.165) is 19.4 Å². The van der Waals surface area contributed by atoms with Crippen molar-refractivity contribution >= 4 is 5.91 Å². The van der Waals surface area contributed by atoms with Gasteiger partial charge in [-0.15, -0.1) is 0 Å². The van der Waals surface area contributed by atoms with Crippen molar-refractivity contribution in [3.63, 3.8) is 0 Å². The number of nitrogens with one attached hydrogen (secondary N) is 2. The molecule has 3 rings (SSSR count). The van der Waals surface area contributed by atoms with Gasteiger partial charge in [-0.2, -0.15) is 0 Å². The van der Waals surface area contributed by atoms with Crippen LogP contribution in [0.2, 0.25) is 0 Å². The molecule has 132 valence electrons. The summed E-state index contributed by atoms with van der Waals surface area (Å²) >= 11 is 0. The van der Waals surface area contributed by atoms with Gasteiger partial charge in [-0.1, -0.05) is 0 Å². The third-order valence-corrected chi connectivity index (χ3v) is 4.44. The van der Waals surface area contributed by atoms with E-state index in [1.807, 2.05) is 0 Å². The highest BCUT2D eigenvalue weighted by atomic mass is 16.5. The van der Waals surface area contributed by atoms with Gasteiger partial charge in [0.1, 0.15) is 0 Å². The van der Waals surface area contributed by atoms with E-state index >= 15 is 0 Å². The fraction of sp³-hybridized carbons (Fsp3) is 0.588. The van der Waals surface area contributed by atoms with Crippen LogP contribution in [0, 0.1) is 5.92 Å². The van der Waals surface area contributed by atoms with Gasteiger partial charge in [0.25, 0.3) is 5.91 Å². The summed E-state index contributed by atoms with van der Waals surface area (Å²) < 4.78 is 16.7. The number of carbonyl (C=O) groups excluding carboxylic acids is 1. The summed E-state index contributed by atoms with van der Waals surface area (Å²) in [5, 5.41) is 16.0. The molecule has 1 aromatic rings. The third kappa shape index (κ3) is 3.57. The zero-order valence-corrected chi connectivity index (χ0v) is 13.8. The summed E-state index contributed by atoms with van der Waals surface area (Å²) in [5.74, 6) is 1.28. The van der Waals surface area contributed by atoms with Crippen molar-refractivity contribution in [1.29, 1.82) is 0 Å². The topological polar surface area (TPSA) is 89.1 Å². The number of piperidine rings is 1. The Hall–Kier alpha value is -1.99. The number of fused-ring (bicyclic) bond motifs is 1. The number of hydrogen-bond donors (Lipinski definition) is 3. The van der Waals surface area contributed by atoms with Crippen LogP contribution in [0.5, 0.6) is 17.2 Å². The number of carbonyl (C=O) groups is 1. The molecule has 2 heterocycles. The molecular weight excluding hydrogens is 312 g/mol. The molecule has 2 aliphatic heterocycles. The van der Waals surface area contributed by atoms with Crippen LogP contribution in [0.3, 0.4) is 0 Å².